The van der Waals surface area contributed by atoms with Crippen LogP contribution in [-0.2, 0) is 10.8 Å². The maximum atomic E-state index is 2.41. The van der Waals surface area contributed by atoms with Crippen molar-refractivity contribution >= 4 is 17.1 Å². The lowest BCUT2D eigenvalue weighted by Crippen LogP contribution is -2.15. The molecular weight excluding hydrogens is 591 g/mol. The van der Waals surface area contributed by atoms with E-state index in [1.165, 1.54) is 66.8 Å². The monoisotopic (exact) mass is 629 g/mol. The van der Waals surface area contributed by atoms with E-state index in [0.717, 1.165) is 17.1 Å². The molecule has 49 heavy (non-hydrogen) atoms. The molecule has 0 amide bonds. The molecule has 0 atom stereocenters. The number of anilines is 3. The van der Waals surface area contributed by atoms with Crippen LogP contribution in [0.1, 0.15) is 49.9 Å². The first-order valence-electron chi connectivity index (χ1n) is 17.4. The second kappa shape index (κ2) is 10.9. The van der Waals surface area contributed by atoms with Crippen LogP contribution < -0.4 is 4.90 Å². The lowest BCUT2D eigenvalue weighted by atomic mass is 9.81. The molecule has 2 aliphatic rings. The molecule has 2 aliphatic carbocycles. The van der Waals surface area contributed by atoms with E-state index in [-0.39, 0.29) is 10.8 Å². The molecule has 0 heterocycles. The summed E-state index contributed by atoms with van der Waals surface area (Å²) in [6.45, 7) is 9.40. The first kappa shape index (κ1) is 29.5. The molecule has 0 N–H and O–H groups in total. The Balaban J connectivity index is 1.16. The Morgan fingerprint density at radius 1 is 0.347 bits per heavy atom. The number of hydrogen-bond acceptors (Lipinski definition) is 1. The van der Waals surface area contributed by atoms with Gasteiger partial charge in [0, 0.05) is 27.8 Å². The van der Waals surface area contributed by atoms with E-state index in [1.807, 2.05) is 0 Å². The van der Waals surface area contributed by atoms with Gasteiger partial charge in [0.25, 0.3) is 0 Å². The Kier molecular flexibility index (Phi) is 6.58. The predicted molar refractivity (Wildman–Crippen MR) is 207 cm³/mol. The topological polar surface area (TPSA) is 3.24 Å². The molecule has 0 aromatic heterocycles. The second-order valence-corrected chi connectivity index (χ2v) is 14.6. The van der Waals surface area contributed by atoms with Crippen LogP contribution in [0.15, 0.2) is 164 Å². The van der Waals surface area contributed by atoms with Crippen molar-refractivity contribution in [1.82, 2.24) is 0 Å². The molecule has 0 aliphatic heterocycles. The van der Waals surface area contributed by atoms with Crippen molar-refractivity contribution in [2.24, 2.45) is 0 Å². The van der Waals surface area contributed by atoms with Crippen LogP contribution in [0.25, 0.3) is 44.5 Å². The summed E-state index contributed by atoms with van der Waals surface area (Å²) in [6.07, 6.45) is 0. The minimum atomic E-state index is -0.0542. The lowest BCUT2D eigenvalue weighted by Gasteiger charge is -2.29. The highest BCUT2D eigenvalue weighted by atomic mass is 15.1. The van der Waals surface area contributed by atoms with Crippen LogP contribution in [-0.4, -0.2) is 0 Å². The normalized spacial score (nSPS) is 14.4. The van der Waals surface area contributed by atoms with E-state index >= 15 is 0 Å². The van der Waals surface area contributed by atoms with Crippen molar-refractivity contribution in [1.29, 1.82) is 0 Å². The van der Waals surface area contributed by atoms with Gasteiger partial charge in [0.15, 0.2) is 0 Å². The molecule has 9 rings (SSSR count). The third-order valence-corrected chi connectivity index (χ3v) is 11.1. The molecule has 7 aromatic rings. The smallest absolute Gasteiger partial charge is 0.0540 e. The molecule has 0 spiro atoms. The van der Waals surface area contributed by atoms with Gasteiger partial charge >= 0.3 is 0 Å². The Hall–Kier alpha value is -5.66. The van der Waals surface area contributed by atoms with Gasteiger partial charge in [-0.15, -0.1) is 0 Å². The molecule has 1 nitrogen and oxygen atoms in total. The minimum absolute atomic E-state index is 0.0248. The summed E-state index contributed by atoms with van der Waals surface area (Å²) < 4.78 is 0. The highest BCUT2D eigenvalue weighted by molar-refractivity contribution is 5.98. The number of nitrogens with zero attached hydrogens (tertiary/aromatic N) is 1. The summed E-state index contributed by atoms with van der Waals surface area (Å²) in [5.41, 5.74) is 19.3. The Morgan fingerprint density at radius 2 is 0.857 bits per heavy atom. The quantitative estimate of drug-likeness (QED) is 0.183. The van der Waals surface area contributed by atoms with Gasteiger partial charge in [-0.3, -0.25) is 0 Å². The van der Waals surface area contributed by atoms with E-state index in [4.69, 9.17) is 0 Å². The van der Waals surface area contributed by atoms with Crippen molar-refractivity contribution in [2.45, 2.75) is 38.5 Å². The number of rotatable bonds is 5. The van der Waals surface area contributed by atoms with Crippen molar-refractivity contribution < 1.29 is 0 Å². The van der Waals surface area contributed by atoms with Gasteiger partial charge < -0.3 is 4.90 Å². The van der Waals surface area contributed by atoms with Crippen LogP contribution in [0.3, 0.4) is 0 Å². The number of para-hydroxylation sites is 2. The average Bonchev–Trinajstić information content (AvgIpc) is 3.52. The zero-order valence-corrected chi connectivity index (χ0v) is 28.5. The number of hydrogen-bond donors (Lipinski definition) is 0. The molecule has 1 heteroatoms. The second-order valence-electron chi connectivity index (χ2n) is 14.6. The average molecular weight is 630 g/mol. The molecule has 0 saturated carbocycles. The van der Waals surface area contributed by atoms with Crippen molar-refractivity contribution in [3.8, 4) is 44.5 Å². The lowest BCUT2D eigenvalue weighted by molar-refractivity contribution is 0.660. The number of benzene rings is 7. The van der Waals surface area contributed by atoms with Gasteiger partial charge in [0.2, 0.25) is 0 Å². The standard InChI is InChI=1S/C48H39N/c1-47(2)42-22-12-9-19-40(42)46-39(20-14-23-43(46)47)38-18-10-13-24-45(38)49(34-15-6-5-7-16-34)35-28-25-32(26-29-35)33-27-30-37-36-17-8-11-21-41(36)48(3,4)44(37)31-33/h5-31H,1-4H3. The fraction of sp³-hybridized carbons (Fsp3) is 0.125. The maximum absolute atomic E-state index is 2.41. The molecular formula is C48H39N. The summed E-state index contributed by atoms with van der Waals surface area (Å²) in [5.74, 6) is 0. The van der Waals surface area contributed by atoms with E-state index in [9.17, 15) is 0 Å². The Labute approximate surface area is 290 Å². The van der Waals surface area contributed by atoms with Crippen LogP contribution in [0, 0.1) is 0 Å². The van der Waals surface area contributed by atoms with E-state index in [0.29, 0.717) is 0 Å². The van der Waals surface area contributed by atoms with Gasteiger partial charge in [-0.1, -0.05) is 155 Å². The van der Waals surface area contributed by atoms with Crippen molar-refractivity contribution in [3.63, 3.8) is 0 Å². The zero-order valence-electron chi connectivity index (χ0n) is 28.5. The summed E-state index contributed by atoms with van der Waals surface area (Å²) in [6, 6.07) is 60.4. The van der Waals surface area contributed by atoms with Crippen LogP contribution in [0.4, 0.5) is 17.1 Å². The molecule has 7 aromatic carbocycles. The third kappa shape index (κ3) is 4.46. The highest BCUT2D eigenvalue weighted by Gasteiger charge is 2.37. The van der Waals surface area contributed by atoms with Crippen LogP contribution in [0.5, 0.6) is 0 Å². The van der Waals surface area contributed by atoms with E-state index in [2.05, 4.69) is 196 Å². The van der Waals surface area contributed by atoms with Gasteiger partial charge in [-0.2, -0.15) is 0 Å². The first-order valence-corrected chi connectivity index (χ1v) is 17.4. The zero-order chi connectivity index (χ0) is 33.3. The molecule has 0 unspecified atom stereocenters. The summed E-state index contributed by atoms with van der Waals surface area (Å²) >= 11 is 0. The number of fused-ring (bicyclic) bond motifs is 6. The summed E-state index contributed by atoms with van der Waals surface area (Å²) in [5, 5.41) is 0. The molecule has 236 valence electrons. The van der Waals surface area contributed by atoms with Crippen LogP contribution >= 0.6 is 0 Å². The maximum Gasteiger partial charge on any atom is 0.0540 e. The molecule has 0 saturated heterocycles. The fourth-order valence-corrected chi connectivity index (χ4v) is 8.57. The van der Waals surface area contributed by atoms with Gasteiger partial charge in [-0.25, -0.2) is 0 Å². The molecule has 0 bridgehead atoms. The highest BCUT2D eigenvalue weighted by Crippen LogP contribution is 2.54. The van der Waals surface area contributed by atoms with E-state index < -0.39 is 0 Å². The fourth-order valence-electron chi connectivity index (χ4n) is 8.57. The first-order chi connectivity index (χ1) is 23.8. The summed E-state index contributed by atoms with van der Waals surface area (Å²) in [7, 11) is 0. The van der Waals surface area contributed by atoms with Gasteiger partial charge in [-0.05, 0) is 97.6 Å². The van der Waals surface area contributed by atoms with Crippen LogP contribution in [0.2, 0.25) is 0 Å². The SMILES string of the molecule is CC1(C)c2ccccc2-c2ccc(-c3ccc(N(c4ccccc4)c4ccccc4-c4cccc5c4-c4ccccc4C5(C)C)cc3)cc21. The third-order valence-electron chi connectivity index (χ3n) is 11.1. The minimum Gasteiger partial charge on any atom is -0.310 e. The van der Waals surface area contributed by atoms with Gasteiger partial charge in [0.05, 0.1) is 5.69 Å². The largest absolute Gasteiger partial charge is 0.310 e. The van der Waals surface area contributed by atoms with Gasteiger partial charge in [0.1, 0.15) is 0 Å². The Bertz CT molecular complexity index is 2380. The summed E-state index contributed by atoms with van der Waals surface area (Å²) in [4.78, 5) is 2.41. The predicted octanol–water partition coefficient (Wildman–Crippen LogP) is 13.1. The molecule has 0 radical (unpaired) electrons. The molecule has 0 fully saturated rings. The van der Waals surface area contributed by atoms with Crippen molar-refractivity contribution in [2.75, 3.05) is 4.90 Å². The van der Waals surface area contributed by atoms with E-state index in [1.54, 1.807) is 0 Å². The Morgan fingerprint density at radius 3 is 1.61 bits per heavy atom. The van der Waals surface area contributed by atoms with Crippen molar-refractivity contribution in [3.05, 3.63) is 186 Å².